The Morgan fingerprint density at radius 2 is 2.15 bits per heavy atom. The number of para-hydroxylation sites is 1. The molecule has 2 aromatic rings. The first-order valence-corrected chi connectivity index (χ1v) is 7.55. The number of phenolic OH excluding ortho intramolecular Hbond substituents is 1. The first-order chi connectivity index (χ1) is 9.58. The van der Waals surface area contributed by atoms with Crippen LogP contribution in [0.25, 0.3) is 0 Å². The van der Waals surface area contributed by atoms with Crippen molar-refractivity contribution in [2.45, 2.75) is 33.4 Å². The monoisotopic (exact) mass is 337 g/mol. The van der Waals surface area contributed by atoms with E-state index < -0.39 is 0 Å². The Labute approximate surface area is 127 Å². The highest BCUT2D eigenvalue weighted by Gasteiger charge is 2.04. The van der Waals surface area contributed by atoms with Crippen LogP contribution in [-0.4, -0.2) is 21.4 Å². The molecule has 4 nitrogen and oxygen atoms in total. The number of nitrogens with zero attached hydrogens (tertiary/aromatic N) is 2. The average Bonchev–Trinajstić information content (AvgIpc) is 2.72. The molecule has 1 heterocycles. The van der Waals surface area contributed by atoms with E-state index in [1.165, 1.54) is 5.69 Å². The Morgan fingerprint density at radius 3 is 2.85 bits per heavy atom. The Balaban J connectivity index is 1.74. The summed E-state index contributed by atoms with van der Waals surface area (Å²) >= 11 is 3.32. The maximum Gasteiger partial charge on any atom is 0.134 e. The molecule has 1 aromatic carbocycles. The van der Waals surface area contributed by atoms with E-state index in [2.05, 4.69) is 39.3 Å². The number of halogens is 1. The predicted octanol–water partition coefficient (Wildman–Crippen LogP) is 3.15. The molecule has 0 radical (unpaired) electrons. The molecule has 0 fully saturated rings. The maximum absolute atomic E-state index is 9.87. The van der Waals surface area contributed by atoms with Crippen LogP contribution in [0.2, 0.25) is 0 Å². The molecule has 1 aromatic heterocycles. The van der Waals surface area contributed by atoms with E-state index in [-0.39, 0.29) is 0 Å². The third kappa shape index (κ3) is 3.84. The number of aromatic nitrogens is 2. The van der Waals surface area contributed by atoms with Gasteiger partial charge in [-0.3, -0.25) is 4.68 Å². The van der Waals surface area contributed by atoms with E-state index in [1.807, 2.05) is 29.8 Å². The zero-order chi connectivity index (χ0) is 14.5. The number of aromatic hydroxyl groups is 1. The molecule has 0 atom stereocenters. The minimum Gasteiger partial charge on any atom is -0.506 e. The predicted molar refractivity (Wildman–Crippen MR) is 83.8 cm³/mol. The second kappa shape index (κ2) is 6.90. The van der Waals surface area contributed by atoms with Crippen molar-refractivity contribution in [2.24, 2.45) is 0 Å². The van der Waals surface area contributed by atoms with Crippen LogP contribution in [0, 0.1) is 13.8 Å². The molecule has 108 valence electrons. The van der Waals surface area contributed by atoms with Gasteiger partial charge in [0.25, 0.3) is 0 Å². The van der Waals surface area contributed by atoms with Gasteiger partial charge in [0.15, 0.2) is 0 Å². The lowest BCUT2D eigenvalue weighted by atomic mass is 10.2. The second-order valence-corrected chi connectivity index (χ2v) is 5.78. The molecular weight excluding hydrogens is 318 g/mol. The van der Waals surface area contributed by atoms with Gasteiger partial charge in [0.05, 0.1) is 10.2 Å². The van der Waals surface area contributed by atoms with Crippen LogP contribution in [-0.2, 0) is 13.1 Å². The minimum atomic E-state index is 0.318. The average molecular weight is 338 g/mol. The molecular formula is C15H20BrN3O. The number of benzene rings is 1. The van der Waals surface area contributed by atoms with Crippen molar-refractivity contribution >= 4 is 15.9 Å². The van der Waals surface area contributed by atoms with E-state index in [0.717, 1.165) is 35.2 Å². The Bertz CT molecular complexity index is 580. The van der Waals surface area contributed by atoms with E-state index in [4.69, 9.17) is 0 Å². The van der Waals surface area contributed by atoms with Gasteiger partial charge in [-0.1, -0.05) is 12.1 Å². The fourth-order valence-corrected chi connectivity index (χ4v) is 2.59. The lowest BCUT2D eigenvalue weighted by Gasteiger charge is -2.08. The fourth-order valence-electron chi connectivity index (χ4n) is 2.18. The van der Waals surface area contributed by atoms with Crippen LogP contribution in [0.3, 0.4) is 0 Å². The minimum absolute atomic E-state index is 0.318. The van der Waals surface area contributed by atoms with Gasteiger partial charge in [-0.15, -0.1) is 0 Å². The van der Waals surface area contributed by atoms with Gasteiger partial charge in [0.2, 0.25) is 0 Å². The zero-order valence-corrected chi connectivity index (χ0v) is 13.4. The summed E-state index contributed by atoms with van der Waals surface area (Å²) in [4.78, 5) is 0. The molecule has 0 aliphatic rings. The van der Waals surface area contributed by atoms with Crippen LogP contribution in [0.15, 0.2) is 28.7 Å². The van der Waals surface area contributed by atoms with Crippen LogP contribution in [0.4, 0.5) is 0 Å². The van der Waals surface area contributed by atoms with Crippen molar-refractivity contribution < 1.29 is 5.11 Å². The third-order valence-electron chi connectivity index (χ3n) is 3.21. The Hall–Kier alpha value is -1.33. The van der Waals surface area contributed by atoms with Gasteiger partial charge in [-0.05, 0) is 54.9 Å². The molecule has 0 unspecified atom stereocenters. The molecule has 5 heteroatoms. The van der Waals surface area contributed by atoms with Crippen molar-refractivity contribution in [3.05, 3.63) is 45.7 Å². The van der Waals surface area contributed by atoms with Crippen LogP contribution >= 0.6 is 15.9 Å². The van der Waals surface area contributed by atoms with Crippen LogP contribution in [0.1, 0.15) is 23.4 Å². The Kier molecular flexibility index (Phi) is 5.20. The van der Waals surface area contributed by atoms with E-state index in [0.29, 0.717) is 12.3 Å². The van der Waals surface area contributed by atoms with Gasteiger partial charge in [0.1, 0.15) is 5.75 Å². The third-order valence-corrected chi connectivity index (χ3v) is 3.85. The van der Waals surface area contributed by atoms with Crippen molar-refractivity contribution in [3.63, 3.8) is 0 Å². The van der Waals surface area contributed by atoms with Crippen molar-refractivity contribution in [2.75, 3.05) is 6.54 Å². The number of hydrogen-bond donors (Lipinski definition) is 2. The van der Waals surface area contributed by atoms with Crippen LogP contribution in [0.5, 0.6) is 5.75 Å². The van der Waals surface area contributed by atoms with Gasteiger partial charge >= 0.3 is 0 Å². The molecule has 0 saturated heterocycles. The van der Waals surface area contributed by atoms with Gasteiger partial charge in [-0.25, -0.2) is 0 Å². The SMILES string of the molecule is Cc1cc(C)n(CCCNCc2cccc(Br)c2O)n1. The largest absolute Gasteiger partial charge is 0.506 e. The number of phenols is 1. The van der Waals surface area contributed by atoms with Gasteiger partial charge in [-0.2, -0.15) is 5.10 Å². The number of aryl methyl sites for hydroxylation is 3. The lowest BCUT2D eigenvalue weighted by molar-refractivity contribution is 0.459. The molecule has 0 amide bonds. The Morgan fingerprint density at radius 1 is 1.35 bits per heavy atom. The number of hydrogen-bond acceptors (Lipinski definition) is 3. The zero-order valence-electron chi connectivity index (χ0n) is 11.9. The highest BCUT2D eigenvalue weighted by Crippen LogP contribution is 2.27. The summed E-state index contributed by atoms with van der Waals surface area (Å²) in [5, 5.41) is 17.6. The molecule has 20 heavy (non-hydrogen) atoms. The number of nitrogens with one attached hydrogen (secondary N) is 1. The summed E-state index contributed by atoms with van der Waals surface area (Å²) in [5.74, 6) is 0.318. The van der Waals surface area contributed by atoms with Gasteiger partial charge in [0, 0.05) is 24.3 Å². The summed E-state index contributed by atoms with van der Waals surface area (Å²) < 4.78 is 2.77. The van der Waals surface area contributed by atoms with E-state index in [1.54, 1.807) is 0 Å². The first-order valence-electron chi connectivity index (χ1n) is 6.76. The van der Waals surface area contributed by atoms with E-state index >= 15 is 0 Å². The second-order valence-electron chi connectivity index (χ2n) is 4.93. The van der Waals surface area contributed by atoms with Crippen molar-refractivity contribution in [3.8, 4) is 5.75 Å². The van der Waals surface area contributed by atoms with E-state index in [9.17, 15) is 5.11 Å². The standard InChI is InChI=1S/C15H20BrN3O/c1-11-9-12(2)19(18-11)8-4-7-17-10-13-5-3-6-14(16)15(13)20/h3,5-6,9,17,20H,4,7-8,10H2,1-2H3. The summed E-state index contributed by atoms with van der Waals surface area (Å²) in [6.45, 7) is 6.56. The smallest absolute Gasteiger partial charge is 0.134 e. The van der Waals surface area contributed by atoms with Crippen molar-refractivity contribution in [1.82, 2.24) is 15.1 Å². The van der Waals surface area contributed by atoms with Gasteiger partial charge < -0.3 is 10.4 Å². The molecule has 0 saturated carbocycles. The highest BCUT2D eigenvalue weighted by atomic mass is 79.9. The molecule has 0 bridgehead atoms. The first kappa shape index (κ1) is 15.1. The molecule has 0 aliphatic carbocycles. The number of rotatable bonds is 6. The summed E-state index contributed by atoms with van der Waals surface area (Å²) in [6, 6.07) is 7.78. The fraction of sp³-hybridized carbons (Fsp3) is 0.400. The maximum atomic E-state index is 9.87. The topological polar surface area (TPSA) is 50.1 Å². The molecule has 0 aliphatic heterocycles. The molecule has 2 rings (SSSR count). The molecule has 0 spiro atoms. The molecule has 2 N–H and O–H groups in total. The summed E-state index contributed by atoms with van der Waals surface area (Å²) in [5.41, 5.74) is 3.17. The quantitative estimate of drug-likeness (QED) is 0.796. The lowest BCUT2D eigenvalue weighted by Crippen LogP contribution is -2.17. The normalized spacial score (nSPS) is 10.9. The summed E-state index contributed by atoms with van der Waals surface area (Å²) in [6.07, 6.45) is 1.01. The summed E-state index contributed by atoms with van der Waals surface area (Å²) in [7, 11) is 0. The highest BCUT2D eigenvalue weighted by molar-refractivity contribution is 9.10. The van der Waals surface area contributed by atoms with Crippen LogP contribution < -0.4 is 5.32 Å². The van der Waals surface area contributed by atoms with Crippen molar-refractivity contribution in [1.29, 1.82) is 0 Å².